The Bertz CT molecular complexity index is 2070. The number of fused-ring (bicyclic) bond motifs is 2. The van der Waals surface area contributed by atoms with Gasteiger partial charge in [-0.3, -0.25) is 4.79 Å². The second-order valence-electron chi connectivity index (χ2n) is 11.1. The van der Waals surface area contributed by atoms with Gasteiger partial charge in [0.15, 0.2) is 10.7 Å². The number of benzene rings is 2. The highest BCUT2D eigenvalue weighted by molar-refractivity contribution is 7.99. The van der Waals surface area contributed by atoms with Crippen molar-refractivity contribution in [2.75, 3.05) is 20.1 Å². The van der Waals surface area contributed by atoms with E-state index >= 15 is 0 Å². The summed E-state index contributed by atoms with van der Waals surface area (Å²) in [6.45, 7) is 2.08. The predicted molar refractivity (Wildman–Crippen MR) is 184 cm³/mol. The highest BCUT2D eigenvalue weighted by atomic mass is 35.5. The Hall–Kier alpha value is -4.37. The van der Waals surface area contributed by atoms with Crippen LogP contribution in [0.15, 0.2) is 82.4 Å². The third-order valence-electron chi connectivity index (χ3n) is 7.88. The van der Waals surface area contributed by atoms with Crippen molar-refractivity contribution in [2.45, 2.75) is 41.8 Å². The van der Waals surface area contributed by atoms with Gasteiger partial charge >= 0.3 is 5.82 Å². The largest absolute Gasteiger partial charge is 0.396 e. The van der Waals surface area contributed by atoms with Gasteiger partial charge in [0.25, 0.3) is 5.56 Å². The van der Waals surface area contributed by atoms with E-state index in [0.29, 0.717) is 27.6 Å². The molecule has 1 unspecified atom stereocenters. The Labute approximate surface area is 285 Å². The molecule has 0 saturated carbocycles. The number of rotatable bonds is 6. The van der Waals surface area contributed by atoms with Crippen LogP contribution in [-0.4, -0.2) is 69.2 Å². The number of hydrogen-bond acceptors (Lipinski definition) is 10. The Morgan fingerprint density at radius 3 is 2.55 bits per heavy atom. The van der Waals surface area contributed by atoms with Crippen molar-refractivity contribution in [2.24, 2.45) is 7.05 Å². The number of halogens is 2. The van der Waals surface area contributed by atoms with E-state index in [0.717, 1.165) is 71.2 Å². The first-order chi connectivity index (χ1) is 22.3. The van der Waals surface area contributed by atoms with Crippen molar-refractivity contribution in [3.63, 3.8) is 0 Å². The summed E-state index contributed by atoms with van der Waals surface area (Å²) in [6.07, 6.45) is 8.00. The highest BCUT2D eigenvalue weighted by Crippen LogP contribution is 2.34. The number of aromatic nitrogens is 8. The standard InChI is InChI=1S/C22H24ClN3O.C9H7N7O2S.ClH/c1-25-13-4-5-18(12-14-25)26-22(27)20-7-3-2-6-19(20)21(24-26)15-16-8-10-17(23)11-9-16;1-15-4-14-7(16(17)18)9(15)19-8-5-6(11-2-10-5)12-3-13-8;/h2-3,6-11,18H,4-5,12-15H2,1H3;2-4H,1H3,(H,10,11,12,13);1H. The molecule has 1 aliphatic heterocycles. The summed E-state index contributed by atoms with van der Waals surface area (Å²) in [7, 11) is 3.83. The number of imidazole rings is 2. The molecular weight excluding hydrogens is 663 g/mol. The summed E-state index contributed by atoms with van der Waals surface area (Å²) in [6, 6.07) is 15.8. The van der Waals surface area contributed by atoms with Gasteiger partial charge in [0.2, 0.25) is 6.33 Å². The quantitative estimate of drug-likeness (QED) is 0.127. The number of aryl methyl sites for hydroxylation is 1. The van der Waals surface area contributed by atoms with Crippen molar-refractivity contribution < 1.29 is 4.92 Å². The van der Waals surface area contributed by atoms with E-state index in [1.165, 1.54) is 19.0 Å². The maximum atomic E-state index is 13.1. The molecule has 0 aliphatic carbocycles. The van der Waals surface area contributed by atoms with Gasteiger partial charge in [-0.05, 0) is 84.8 Å². The first-order valence-electron chi connectivity index (χ1n) is 14.7. The van der Waals surface area contributed by atoms with Crippen LogP contribution < -0.4 is 5.56 Å². The molecule has 0 radical (unpaired) electrons. The molecule has 0 spiro atoms. The first kappa shape index (κ1) is 34.0. The van der Waals surface area contributed by atoms with Crippen LogP contribution in [0.2, 0.25) is 5.02 Å². The molecule has 13 nitrogen and oxygen atoms in total. The topological polar surface area (TPSA) is 154 Å². The molecule has 16 heteroatoms. The molecule has 244 valence electrons. The van der Waals surface area contributed by atoms with Crippen LogP contribution >= 0.6 is 35.8 Å². The van der Waals surface area contributed by atoms with Crippen molar-refractivity contribution in [1.29, 1.82) is 0 Å². The van der Waals surface area contributed by atoms with Gasteiger partial charge in [0, 0.05) is 23.9 Å². The molecule has 7 rings (SSSR count). The fourth-order valence-corrected chi connectivity index (χ4v) is 6.55. The minimum Gasteiger partial charge on any atom is -0.358 e. The molecule has 47 heavy (non-hydrogen) atoms. The molecular formula is C31H32Cl2N10O3S. The molecule has 0 amide bonds. The summed E-state index contributed by atoms with van der Waals surface area (Å²) in [5.41, 5.74) is 3.28. The summed E-state index contributed by atoms with van der Waals surface area (Å²) < 4.78 is 3.33. The SMILES string of the molecule is CN1CCCC(n2nc(Cc3ccc(Cl)cc3)c3ccccc3c2=O)CC1.Cl.Cn1cnc([N+](=O)[O-])c1Sc1ncnc2nc[nH]c12. The Kier molecular flexibility index (Phi) is 10.9. The molecule has 0 bridgehead atoms. The maximum absolute atomic E-state index is 13.1. The molecule has 1 atom stereocenters. The average Bonchev–Trinajstić information content (AvgIpc) is 3.62. The Morgan fingerprint density at radius 2 is 1.79 bits per heavy atom. The van der Waals surface area contributed by atoms with Gasteiger partial charge < -0.3 is 24.6 Å². The number of H-pyrrole nitrogens is 1. The fourth-order valence-electron chi connectivity index (χ4n) is 5.48. The lowest BCUT2D eigenvalue weighted by Gasteiger charge is -2.19. The zero-order valence-electron chi connectivity index (χ0n) is 25.6. The summed E-state index contributed by atoms with van der Waals surface area (Å²) >= 11 is 7.17. The smallest absolute Gasteiger partial charge is 0.358 e. The predicted octanol–water partition coefficient (Wildman–Crippen LogP) is 5.87. The molecule has 5 heterocycles. The van der Waals surface area contributed by atoms with Crippen LogP contribution in [-0.2, 0) is 13.5 Å². The molecule has 6 aromatic rings. The summed E-state index contributed by atoms with van der Waals surface area (Å²) in [5, 5.41) is 19.2. The van der Waals surface area contributed by atoms with Gasteiger partial charge in [0.1, 0.15) is 16.9 Å². The van der Waals surface area contributed by atoms with Crippen molar-refractivity contribution in [1.82, 2.24) is 44.2 Å². The monoisotopic (exact) mass is 694 g/mol. The van der Waals surface area contributed by atoms with Crippen LogP contribution in [0, 0.1) is 10.1 Å². The van der Waals surface area contributed by atoms with Crippen LogP contribution in [0.5, 0.6) is 0 Å². The average molecular weight is 696 g/mol. The van der Waals surface area contributed by atoms with E-state index in [9.17, 15) is 14.9 Å². The summed E-state index contributed by atoms with van der Waals surface area (Å²) in [5.74, 6) is -0.196. The number of nitrogens with one attached hydrogen (secondary N) is 1. The molecule has 1 aliphatic rings. The molecule has 1 N–H and O–H groups in total. The molecule has 4 aromatic heterocycles. The van der Waals surface area contributed by atoms with Crippen LogP contribution in [0.1, 0.15) is 36.6 Å². The van der Waals surface area contributed by atoms with E-state index in [2.05, 4.69) is 36.9 Å². The number of nitro groups is 1. The normalized spacial score (nSPS) is 15.1. The van der Waals surface area contributed by atoms with Crippen molar-refractivity contribution in [3.8, 4) is 0 Å². The first-order valence-corrected chi connectivity index (χ1v) is 15.9. The van der Waals surface area contributed by atoms with Gasteiger partial charge in [-0.15, -0.1) is 12.4 Å². The number of aromatic amines is 1. The van der Waals surface area contributed by atoms with Crippen LogP contribution in [0.25, 0.3) is 21.9 Å². The van der Waals surface area contributed by atoms with E-state index < -0.39 is 4.92 Å². The van der Waals surface area contributed by atoms with Gasteiger partial charge in [0.05, 0.1) is 23.4 Å². The molecule has 1 fully saturated rings. The Balaban J connectivity index is 0.000000191. The molecule has 2 aromatic carbocycles. The third kappa shape index (κ3) is 7.62. The second-order valence-corrected chi connectivity index (χ2v) is 12.5. The minimum absolute atomic E-state index is 0. The van der Waals surface area contributed by atoms with E-state index in [-0.39, 0.29) is 29.8 Å². The zero-order chi connectivity index (χ0) is 32.2. The van der Waals surface area contributed by atoms with Crippen LogP contribution in [0.3, 0.4) is 0 Å². The maximum Gasteiger partial charge on any atom is 0.396 e. The van der Waals surface area contributed by atoms with Gasteiger partial charge in [-0.2, -0.15) is 5.10 Å². The van der Waals surface area contributed by atoms with E-state index in [1.54, 1.807) is 16.3 Å². The summed E-state index contributed by atoms with van der Waals surface area (Å²) in [4.78, 5) is 44.6. The zero-order valence-corrected chi connectivity index (χ0v) is 28.0. The van der Waals surface area contributed by atoms with Gasteiger partial charge in [-0.1, -0.05) is 41.9 Å². The number of nitrogens with zero attached hydrogens (tertiary/aromatic N) is 9. The Morgan fingerprint density at radius 1 is 1.02 bits per heavy atom. The number of hydrogen-bond donors (Lipinski definition) is 1. The van der Waals surface area contributed by atoms with E-state index in [4.69, 9.17) is 16.7 Å². The minimum atomic E-state index is -0.520. The van der Waals surface area contributed by atoms with E-state index in [1.807, 2.05) is 48.5 Å². The lowest BCUT2D eigenvalue weighted by atomic mass is 10.0. The van der Waals surface area contributed by atoms with Crippen molar-refractivity contribution >= 4 is 63.5 Å². The lowest BCUT2D eigenvalue weighted by molar-refractivity contribution is -0.392. The van der Waals surface area contributed by atoms with Crippen molar-refractivity contribution in [3.05, 3.63) is 104 Å². The van der Waals surface area contributed by atoms with Crippen LogP contribution in [0.4, 0.5) is 5.82 Å². The highest BCUT2D eigenvalue weighted by Gasteiger charge is 2.23. The fraction of sp³-hybridized carbons (Fsp3) is 0.290. The molecule has 1 saturated heterocycles. The lowest BCUT2D eigenvalue weighted by Crippen LogP contribution is -2.29. The van der Waals surface area contributed by atoms with Gasteiger partial charge in [-0.25, -0.2) is 19.6 Å². The third-order valence-corrected chi connectivity index (χ3v) is 9.29. The number of likely N-dealkylation sites (tertiary alicyclic amines) is 1. The second kappa shape index (κ2) is 15.0.